The summed E-state index contributed by atoms with van der Waals surface area (Å²) in [5.41, 5.74) is 1.16. The molecule has 1 amide bonds. The van der Waals surface area contributed by atoms with Crippen LogP contribution in [0.2, 0.25) is 0 Å². The first-order valence-corrected chi connectivity index (χ1v) is 11.0. The van der Waals surface area contributed by atoms with E-state index in [0.29, 0.717) is 11.1 Å². The lowest BCUT2D eigenvalue weighted by molar-refractivity contribution is 0.0307. The van der Waals surface area contributed by atoms with Crippen LogP contribution in [0.1, 0.15) is 52.6 Å². The summed E-state index contributed by atoms with van der Waals surface area (Å²) >= 11 is 5.02. The van der Waals surface area contributed by atoms with Gasteiger partial charge in [-0.1, -0.05) is 0 Å². The number of aromatic nitrogens is 2. The molecule has 5 rings (SSSR count). The number of halogens is 5. The molecule has 3 aromatic rings. The molecule has 12 heteroatoms. The molecule has 2 aliphatic heterocycles. The number of benzene rings is 2. The summed E-state index contributed by atoms with van der Waals surface area (Å²) in [6.07, 6.45) is -0.534. The molecule has 3 heterocycles. The number of nitrogens with zero attached hydrogens (tertiary/aromatic N) is 4. The molecule has 0 saturated heterocycles. The van der Waals surface area contributed by atoms with Gasteiger partial charge in [-0.05, 0) is 60.5 Å². The van der Waals surface area contributed by atoms with E-state index < -0.39 is 47.3 Å². The van der Waals surface area contributed by atoms with Crippen LogP contribution >= 0.6 is 11.6 Å². The van der Waals surface area contributed by atoms with Crippen molar-refractivity contribution >= 4 is 46.8 Å². The van der Waals surface area contributed by atoms with Gasteiger partial charge >= 0.3 is 5.38 Å². The van der Waals surface area contributed by atoms with E-state index in [1.165, 1.54) is 29.1 Å². The predicted octanol–water partition coefficient (Wildman–Crippen LogP) is 5.63. The lowest BCUT2D eigenvalue weighted by Crippen LogP contribution is -2.30. The number of amides is 1. The van der Waals surface area contributed by atoms with Crippen LogP contribution in [0.5, 0.6) is 0 Å². The van der Waals surface area contributed by atoms with E-state index >= 15 is 0 Å². The molecule has 182 valence electrons. The van der Waals surface area contributed by atoms with Crippen molar-refractivity contribution in [2.75, 3.05) is 11.9 Å². The number of hydrogen-bond acceptors (Lipinski definition) is 5. The maximum absolute atomic E-state index is 13.9. The number of fused-ring (bicyclic) bond motifs is 2. The molecule has 0 saturated carbocycles. The molecule has 2 unspecified atom stereocenters. The summed E-state index contributed by atoms with van der Waals surface area (Å²) in [4.78, 5) is 25.5. The third kappa shape index (κ3) is 4.30. The van der Waals surface area contributed by atoms with Gasteiger partial charge in [0, 0.05) is 23.0 Å². The Morgan fingerprint density at radius 2 is 2.00 bits per heavy atom. The fourth-order valence-corrected chi connectivity index (χ4v) is 4.43. The van der Waals surface area contributed by atoms with Crippen molar-refractivity contribution < 1.29 is 27.1 Å². The highest BCUT2D eigenvalue weighted by Crippen LogP contribution is 2.38. The summed E-state index contributed by atoms with van der Waals surface area (Å²) in [5, 5.41) is -0.914. The molecule has 0 spiro atoms. The first-order chi connectivity index (χ1) is 16.6. The lowest BCUT2D eigenvalue weighted by atomic mass is 9.93. The topological polar surface area (TPSA) is 80.9 Å². The number of carbonyl (C=O) groups is 1. The standard InChI is InChI=1S/C23H18ClF4N5O2/c1-11-9-35-22-16(8-29-10-30-22)15-6-12(7-17-18(15)33(11)20(32-17)19(25)26)21(34)31-14-4-2-13(3-5-14)23(24,27)28/h2-8,10-11,16,19,22H,9H2,1H3,(H,31,34)/t11-,16?,22?/m1/s1. The van der Waals surface area contributed by atoms with E-state index in [0.717, 1.165) is 12.1 Å². The maximum Gasteiger partial charge on any atom is 0.348 e. The highest BCUT2D eigenvalue weighted by atomic mass is 35.5. The average Bonchev–Trinajstić information content (AvgIpc) is 3.21. The molecule has 3 atom stereocenters. The van der Waals surface area contributed by atoms with E-state index in [-0.39, 0.29) is 23.4 Å². The Morgan fingerprint density at radius 3 is 2.69 bits per heavy atom. The van der Waals surface area contributed by atoms with Crippen molar-refractivity contribution in [3.63, 3.8) is 0 Å². The van der Waals surface area contributed by atoms with Crippen LogP contribution in [0.3, 0.4) is 0 Å². The van der Waals surface area contributed by atoms with Gasteiger partial charge in [0.1, 0.15) is 6.34 Å². The van der Waals surface area contributed by atoms with Crippen LogP contribution in [0.15, 0.2) is 46.4 Å². The number of alkyl halides is 5. The number of hydrogen-bond donors (Lipinski definition) is 1. The lowest BCUT2D eigenvalue weighted by Gasteiger charge is -2.30. The Bertz CT molecular complexity index is 1350. The largest absolute Gasteiger partial charge is 0.353 e. The molecule has 7 nitrogen and oxygen atoms in total. The number of nitrogens with one attached hydrogen (secondary N) is 1. The minimum atomic E-state index is -3.53. The Morgan fingerprint density at radius 1 is 1.26 bits per heavy atom. The first kappa shape index (κ1) is 23.4. The van der Waals surface area contributed by atoms with Gasteiger partial charge in [0.25, 0.3) is 12.3 Å². The number of rotatable bonds is 4. The van der Waals surface area contributed by atoms with Crippen LogP contribution < -0.4 is 5.32 Å². The molecule has 0 radical (unpaired) electrons. The van der Waals surface area contributed by atoms with Crippen molar-refractivity contribution in [1.29, 1.82) is 0 Å². The van der Waals surface area contributed by atoms with E-state index in [9.17, 15) is 22.4 Å². The van der Waals surface area contributed by atoms with Crippen LogP contribution in [0.4, 0.5) is 23.2 Å². The predicted molar refractivity (Wildman–Crippen MR) is 123 cm³/mol. The van der Waals surface area contributed by atoms with Gasteiger partial charge in [0.05, 0.1) is 29.6 Å². The van der Waals surface area contributed by atoms with Crippen molar-refractivity contribution in [1.82, 2.24) is 9.55 Å². The van der Waals surface area contributed by atoms with Gasteiger partial charge in [0.2, 0.25) is 0 Å². The van der Waals surface area contributed by atoms with E-state index in [4.69, 9.17) is 16.3 Å². The van der Waals surface area contributed by atoms with Crippen molar-refractivity contribution in [2.45, 2.75) is 36.9 Å². The van der Waals surface area contributed by atoms with E-state index in [1.807, 2.05) is 0 Å². The molecule has 1 aromatic heterocycles. The van der Waals surface area contributed by atoms with Crippen molar-refractivity contribution in [3.05, 3.63) is 58.9 Å². The molecule has 0 bridgehead atoms. The fourth-order valence-electron chi connectivity index (χ4n) is 4.31. The highest BCUT2D eigenvalue weighted by Gasteiger charge is 2.34. The normalized spacial score (nSPS) is 21.6. The Balaban J connectivity index is 1.60. The third-order valence-corrected chi connectivity index (χ3v) is 6.13. The molecular weight excluding hydrogens is 490 g/mol. The van der Waals surface area contributed by atoms with Crippen LogP contribution in [-0.4, -0.2) is 40.8 Å². The second-order valence-corrected chi connectivity index (χ2v) is 8.74. The third-order valence-electron chi connectivity index (χ3n) is 5.91. The van der Waals surface area contributed by atoms with E-state index in [1.54, 1.807) is 19.2 Å². The Hall–Kier alpha value is -3.31. The smallest absolute Gasteiger partial charge is 0.348 e. The minimum absolute atomic E-state index is 0.135. The number of anilines is 1. The number of aliphatic imine (C=N–C) groups is 2. The van der Waals surface area contributed by atoms with Crippen LogP contribution in [0.25, 0.3) is 11.0 Å². The molecule has 0 aliphatic carbocycles. The summed E-state index contributed by atoms with van der Waals surface area (Å²) in [6.45, 7) is 1.88. The van der Waals surface area contributed by atoms with Crippen molar-refractivity contribution in [3.8, 4) is 0 Å². The molecule has 2 aliphatic rings. The monoisotopic (exact) mass is 507 g/mol. The summed E-state index contributed by atoms with van der Waals surface area (Å²) in [7, 11) is 0. The van der Waals surface area contributed by atoms with Crippen molar-refractivity contribution in [2.24, 2.45) is 9.98 Å². The summed E-state index contributed by atoms with van der Waals surface area (Å²) < 4.78 is 61.6. The highest BCUT2D eigenvalue weighted by molar-refractivity contribution is 6.21. The number of imidazole rings is 1. The van der Waals surface area contributed by atoms with Crippen LogP contribution in [-0.2, 0) is 10.1 Å². The zero-order valence-corrected chi connectivity index (χ0v) is 18.9. The second-order valence-electron chi connectivity index (χ2n) is 8.26. The SMILES string of the molecule is C[C@@H]1COC2N=CN=CC2c2cc(C(=O)Nc3ccc(C(F)(F)Cl)cc3)cc3nc(C(F)F)n1c23. The van der Waals surface area contributed by atoms with Crippen LogP contribution in [0, 0.1) is 0 Å². The minimum Gasteiger partial charge on any atom is -0.353 e. The quantitative estimate of drug-likeness (QED) is 0.367. The molecule has 35 heavy (non-hydrogen) atoms. The second kappa shape index (κ2) is 8.72. The van der Waals surface area contributed by atoms with Gasteiger partial charge in [-0.2, -0.15) is 8.78 Å². The fraction of sp³-hybridized carbons (Fsp3) is 0.304. The summed E-state index contributed by atoms with van der Waals surface area (Å²) in [6, 6.07) is 7.30. The number of carbonyl (C=O) groups excluding carboxylic acids is 1. The van der Waals surface area contributed by atoms with Gasteiger partial charge < -0.3 is 14.6 Å². The van der Waals surface area contributed by atoms with Gasteiger partial charge in [-0.3, -0.25) is 4.79 Å². The first-order valence-electron chi connectivity index (χ1n) is 10.6. The molecular formula is C23H18ClF4N5O2. The molecule has 0 fully saturated rings. The Labute approximate surface area is 201 Å². The zero-order chi connectivity index (χ0) is 24.9. The van der Waals surface area contributed by atoms with Gasteiger partial charge in [-0.15, -0.1) is 0 Å². The number of ether oxygens (including phenoxy) is 1. The molecule has 1 N–H and O–H groups in total. The average molecular weight is 508 g/mol. The van der Waals surface area contributed by atoms with Gasteiger partial charge in [-0.25, -0.2) is 23.7 Å². The maximum atomic E-state index is 13.9. The molecule has 2 aromatic carbocycles. The van der Waals surface area contributed by atoms with Gasteiger partial charge in [0.15, 0.2) is 12.1 Å². The Kier molecular flexibility index (Phi) is 5.84. The van der Waals surface area contributed by atoms with E-state index in [2.05, 4.69) is 20.3 Å². The zero-order valence-electron chi connectivity index (χ0n) is 18.1. The summed E-state index contributed by atoms with van der Waals surface area (Å²) in [5.74, 6) is -1.54.